The van der Waals surface area contributed by atoms with Crippen LogP contribution in [0.3, 0.4) is 0 Å². The third kappa shape index (κ3) is 3.88. The minimum Gasteiger partial charge on any atom is -0.381 e. The van der Waals surface area contributed by atoms with Crippen molar-refractivity contribution in [1.29, 1.82) is 0 Å². The van der Waals surface area contributed by atoms with Crippen LogP contribution >= 0.6 is 39.3 Å². The zero-order chi connectivity index (χ0) is 12.1. The topological polar surface area (TPSA) is 9.23 Å². The molecule has 2 rings (SSSR count). The molecule has 1 aliphatic heterocycles. The molecule has 0 aliphatic carbocycles. The van der Waals surface area contributed by atoms with E-state index in [9.17, 15) is 0 Å². The summed E-state index contributed by atoms with van der Waals surface area (Å²) in [5, 5.41) is 1.87. The van der Waals surface area contributed by atoms with Crippen molar-refractivity contribution in [3.05, 3.63) is 29.3 Å². The van der Waals surface area contributed by atoms with Crippen LogP contribution < -0.4 is 0 Å². The molecule has 1 saturated heterocycles. The largest absolute Gasteiger partial charge is 0.381 e. The van der Waals surface area contributed by atoms with Crippen LogP contribution in [0.2, 0.25) is 5.02 Å². The van der Waals surface area contributed by atoms with E-state index < -0.39 is 0 Å². The summed E-state index contributed by atoms with van der Waals surface area (Å²) in [5.41, 5.74) is 0.380. The Balaban J connectivity index is 1.95. The van der Waals surface area contributed by atoms with Crippen LogP contribution in [0.4, 0.5) is 0 Å². The maximum Gasteiger partial charge on any atom is 0.0471 e. The monoisotopic (exact) mass is 334 g/mol. The van der Waals surface area contributed by atoms with Gasteiger partial charge in [-0.2, -0.15) is 0 Å². The van der Waals surface area contributed by atoms with E-state index in [2.05, 4.69) is 22.0 Å². The SMILES string of the molecule is Clc1cccc(SCC2(CBr)CCOCC2)c1. The van der Waals surface area contributed by atoms with Crippen LogP contribution in [0.5, 0.6) is 0 Å². The number of rotatable bonds is 4. The molecule has 1 heterocycles. The molecule has 1 nitrogen and oxygen atoms in total. The lowest BCUT2D eigenvalue weighted by Crippen LogP contribution is -2.33. The van der Waals surface area contributed by atoms with Gasteiger partial charge in [-0.15, -0.1) is 11.8 Å². The number of ether oxygens (including phenoxy) is 1. The molecule has 0 radical (unpaired) electrons. The Morgan fingerprint density at radius 1 is 1.35 bits per heavy atom. The summed E-state index contributed by atoms with van der Waals surface area (Å²) in [7, 11) is 0. The average molecular weight is 336 g/mol. The molecule has 1 fully saturated rings. The highest BCUT2D eigenvalue weighted by molar-refractivity contribution is 9.09. The van der Waals surface area contributed by atoms with Gasteiger partial charge >= 0.3 is 0 Å². The minimum absolute atomic E-state index is 0.380. The quantitative estimate of drug-likeness (QED) is 0.586. The third-order valence-electron chi connectivity index (χ3n) is 3.18. The Morgan fingerprint density at radius 2 is 2.12 bits per heavy atom. The number of thioether (sulfide) groups is 1. The van der Waals surface area contributed by atoms with Crippen molar-refractivity contribution in [1.82, 2.24) is 0 Å². The second-order valence-electron chi connectivity index (χ2n) is 4.49. The normalized spacial score (nSPS) is 19.2. The van der Waals surface area contributed by atoms with Crippen LogP contribution in [0.1, 0.15) is 12.8 Å². The number of halogens is 2. The summed E-state index contributed by atoms with van der Waals surface area (Å²) in [6.45, 7) is 1.78. The van der Waals surface area contributed by atoms with Crippen LogP contribution in [0.25, 0.3) is 0 Å². The second kappa shape index (κ2) is 6.46. The van der Waals surface area contributed by atoms with Gasteiger partial charge in [0.15, 0.2) is 0 Å². The molecule has 0 unspecified atom stereocenters. The Kier molecular flexibility index (Phi) is 5.22. The Hall–Kier alpha value is 0.300. The standard InChI is InChI=1S/C13H16BrClOS/c14-9-13(4-6-16-7-5-13)10-17-12-3-1-2-11(15)8-12/h1-3,8H,4-7,9-10H2. The van der Waals surface area contributed by atoms with Crippen molar-refractivity contribution >= 4 is 39.3 Å². The average Bonchev–Trinajstić information content (AvgIpc) is 2.38. The number of hydrogen-bond donors (Lipinski definition) is 0. The summed E-state index contributed by atoms with van der Waals surface area (Å²) in [4.78, 5) is 1.25. The highest BCUT2D eigenvalue weighted by Gasteiger charge is 2.31. The highest BCUT2D eigenvalue weighted by atomic mass is 79.9. The maximum absolute atomic E-state index is 5.99. The van der Waals surface area contributed by atoms with E-state index >= 15 is 0 Å². The first-order valence-electron chi connectivity index (χ1n) is 5.76. The van der Waals surface area contributed by atoms with E-state index in [-0.39, 0.29) is 0 Å². The fraction of sp³-hybridized carbons (Fsp3) is 0.538. The molecule has 0 aromatic heterocycles. The lowest BCUT2D eigenvalue weighted by molar-refractivity contribution is 0.0374. The van der Waals surface area contributed by atoms with Crippen molar-refractivity contribution < 1.29 is 4.74 Å². The van der Waals surface area contributed by atoms with Gasteiger partial charge in [0.2, 0.25) is 0 Å². The maximum atomic E-state index is 5.99. The van der Waals surface area contributed by atoms with E-state index in [0.29, 0.717) is 5.41 Å². The van der Waals surface area contributed by atoms with Gasteiger partial charge < -0.3 is 4.74 Å². The van der Waals surface area contributed by atoms with E-state index in [1.807, 2.05) is 30.0 Å². The molecule has 0 bridgehead atoms. The van der Waals surface area contributed by atoms with Gasteiger partial charge in [0.25, 0.3) is 0 Å². The van der Waals surface area contributed by atoms with Crippen molar-refractivity contribution in [2.24, 2.45) is 5.41 Å². The summed E-state index contributed by atoms with van der Waals surface area (Å²) in [5.74, 6) is 1.13. The van der Waals surface area contributed by atoms with Crippen molar-refractivity contribution in [2.45, 2.75) is 17.7 Å². The van der Waals surface area contributed by atoms with Crippen molar-refractivity contribution in [3.63, 3.8) is 0 Å². The predicted molar refractivity (Wildman–Crippen MR) is 78.5 cm³/mol. The van der Waals surface area contributed by atoms with Gasteiger partial charge in [0.05, 0.1) is 0 Å². The molecule has 0 spiro atoms. The Bertz CT molecular complexity index is 366. The molecule has 1 aromatic carbocycles. The van der Waals surface area contributed by atoms with E-state index in [0.717, 1.165) is 42.2 Å². The van der Waals surface area contributed by atoms with Gasteiger partial charge in [0.1, 0.15) is 0 Å². The van der Waals surface area contributed by atoms with Crippen LogP contribution in [0, 0.1) is 5.41 Å². The molecule has 0 N–H and O–H groups in total. The van der Waals surface area contributed by atoms with E-state index in [1.165, 1.54) is 4.90 Å². The number of alkyl halides is 1. The Morgan fingerprint density at radius 3 is 2.76 bits per heavy atom. The first kappa shape index (κ1) is 13.7. The minimum atomic E-state index is 0.380. The fourth-order valence-electron chi connectivity index (χ4n) is 1.91. The van der Waals surface area contributed by atoms with Crippen molar-refractivity contribution in [3.8, 4) is 0 Å². The number of benzene rings is 1. The second-order valence-corrected chi connectivity index (χ2v) is 6.54. The Labute approximate surface area is 120 Å². The van der Waals surface area contributed by atoms with Crippen LogP contribution in [0.15, 0.2) is 29.2 Å². The summed E-state index contributed by atoms with van der Waals surface area (Å²) in [6.07, 6.45) is 2.29. The third-order valence-corrected chi connectivity index (χ3v) is 5.95. The van der Waals surface area contributed by atoms with Gasteiger partial charge in [-0.05, 0) is 36.5 Å². The molecule has 94 valence electrons. The summed E-state index contributed by atoms with van der Waals surface area (Å²) in [6, 6.07) is 8.08. The lowest BCUT2D eigenvalue weighted by atomic mass is 9.85. The zero-order valence-corrected chi connectivity index (χ0v) is 12.8. The first-order chi connectivity index (χ1) is 8.24. The van der Waals surface area contributed by atoms with Gasteiger partial charge in [-0.25, -0.2) is 0 Å². The number of hydrogen-bond acceptors (Lipinski definition) is 2. The van der Waals surface area contributed by atoms with Crippen LogP contribution in [-0.4, -0.2) is 24.3 Å². The molecule has 17 heavy (non-hydrogen) atoms. The lowest BCUT2D eigenvalue weighted by Gasteiger charge is -2.35. The summed E-state index contributed by atoms with van der Waals surface area (Å²) < 4.78 is 5.45. The smallest absolute Gasteiger partial charge is 0.0471 e. The van der Waals surface area contributed by atoms with Crippen LogP contribution in [-0.2, 0) is 4.74 Å². The zero-order valence-electron chi connectivity index (χ0n) is 9.62. The van der Waals surface area contributed by atoms with E-state index in [4.69, 9.17) is 16.3 Å². The molecule has 0 atom stereocenters. The van der Waals surface area contributed by atoms with Crippen molar-refractivity contribution in [2.75, 3.05) is 24.3 Å². The van der Waals surface area contributed by atoms with Gasteiger partial charge in [-0.3, -0.25) is 0 Å². The molecule has 1 aliphatic rings. The molecule has 1 aromatic rings. The van der Waals surface area contributed by atoms with Gasteiger partial charge in [-0.1, -0.05) is 33.6 Å². The molecule has 0 saturated carbocycles. The summed E-state index contributed by atoms with van der Waals surface area (Å²) >= 11 is 11.5. The highest BCUT2D eigenvalue weighted by Crippen LogP contribution is 2.38. The first-order valence-corrected chi connectivity index (χ1v) is 8.25. The predicted octanol–water partition coefficient (Wildman–Crippen LogP) is 4.62. The van der Waals surface area contributed by atoms with E-state index in [1.54, 1.807) is 0 Å². The molecular formula is C13H16BrClOS. The molecular weight excluding hydrogens is 320 g/mol. The molecule has 4 heteroatoms. The molecule has 0 amide bonds. The van der Waals surface area contributed by atoms with Gasteiger partial charge in [0, 0.05) is 34.2 Å². The fourth-order valence-corrected chi connectivity index (χ4v) is 4.44.